The molecule has 11 heteroatoms. The summed E-state index contributed by atoms with van der Waals surface area (Å²) >= 11 is 3.14. The molecule has 0 aliphatic carbocycles. The van der Waals surface area contributed by atoms with E-state index in [1.54, 1.807) is 0 Å². The SMILES string of the molecule is CCS(=O)c1cc(C(F)(F)F)cnc1C(=O)N(C)c1cnc(Br)cc1N. The number of carbonyl (C=O) groups is 1. The van der Waals surface area contributed by atoms with Crippen molar-refractivity contribution in [1.82, 2.24) is 9.97 Å². The summed E-state index contributed by atoms with van der Waals surface area (Å²) in [6, 6.07) is 2.17. The molecule has 0 spiro atoms. The third-order valence-electron chi connectivity index (χ3n) is 3.44. The third-order valence-corrected chi connectivity index (χ3v) is 5.20. The molecule has 0 saturated heterocycles. The fraction of sp³-hybridized carbons (Fsp3) is 0.267. The van der Waals surface area contributed by atoms with E-state index < -0.39 is 28.4 Å². The number of carbonyl (C=O) groups excluding carboxylic acids is 1. The average molecular weight is 451 g/mol. The van der Waals surface area contributed by atoms with Gasteiger partial charge in [0.2, 0.25) is 0 Å². The lowest BCUT2D eigenvalue weighted by molar-refractivity contribution is -0.138. The highest BCUT2D eigenvalue weighted by atomic mass is 79.9. The molecule has 0 saturated carbocycles. The maximum Gasteiger partial charge on any atom is 0.417 e. The Morgan fingerprint density at radius 1 is 1.31 bits per heavy atom. The van der Waals surface area contributed by atoms with E-state index in [9.17, 15) is 22.2 Å². The first-order valence-corrected chi connectivity index (χ1v) is 9.32. The number of nitrogen functional groups attached to an aromatic ring is 1. The van der Waals surface area contributed by atoms with Gasteiger partial charge in [-0.3, -0.25) is 9.00 Å². The molecule has 0 aromatic carbocycles. The molecule has 26 heavy (non-hydrogen) atoms. The molecule has 1 atom stereocenters. The smallest absolute Gasteiger partial charge is 0.397 e. The van der Waals surface area contributed by atoms with E-state index in [0.29, 0.717) is 16.9 Å². The maximum atomic E-state index is 12.9. The van der Waals surface area contributed by atoms with E-state index in [0.717, 1.165) is 4.90 Å². The molecular weight excluding hydrogens is 437 g/mol. The zero-order chi connectivity index (χ0) is 19.6. The van der Waals surface area contributed by atoms with Crippen LogP contribution < -0.4 is 10.6 Å². The van der Waals surface area contributed by atoms with Gasteiger partial charge in [-0.15, -0.1) is 0 Å². The standard InChI is InChI=1S/C15H14BrF3N4O2S/c1-3-26(25)11-4-8(15(17,18)19)6-22-13(11)14(24)23(2)10-7-21-12(16)5-9(10)20/h4-7H,3H2,1-2H3,(H2,20,21). The van der Waals surface area contributed by atoms with E-state index >= 15 is 0 Å². The molecular formula is C15H14BrF3N4O2S. The van der Waals surface area contributed by atoms with Crippen LogP contribution in [0, 0.1) is 0 Å². The Bertz CT molecular complexity index is 876. The number of nitrogens with zero attached hydrogens (tertiary/aromatic N) is 3. The first-order chi connectivity index (χ1) is 12.1. The zero-order valence-corrected chi connectivity index (χ0v) is 16.1. The van der Waals surface area contributed by atoms with E-state index in [-0.39, 0.29) is 27.7 Å². The number of hydrogen-bond acceptors (Lipinski definition) is 5. The molecule has 0 fully saturated rings. The van der Waals surface area contributed by atoms with E-state index in [4.69, 9.17) is 5.73 Å². The van der Waals surface area contributed by atoms with Crippen molar-refractivity contribution in [3.05, 3.63) is 40.4 Å². The number of anilines is 2. The number of alkyl halides is 3. The summed E-state index contributed by atoms with van der Waals surface area (Å²) in [5.41, 5.74) is 4.92. The number of pyridine rings is 2. The number of halogens is 4. The lowest BCUT2D eigenvalue weighted by atomic mass is 10.2. The molecule has 0 aliphatic rings. The van der Waals surface area contributed by atoms with Gasteiger partial charge >= 0.3 is 6.18 Å². The largest absolute Gasteiger partial charge is 0.417 e. The van der Waals surface area contributed by atoms with Crippen LogP contribution in [0.3, 0.4) is 0 Å². The van der Waals surface area contributed by atoms with Crippen molar-refractivity contribution >= 4 is 44.0 Å². The lowest BCUT2D eigenvalue weighted by Gasteiger charge is -2.20. The normalized spacial score (nSPS) is 12.7. The van der Waals surface area contributed by atoms with Crippen LogP contribution in [0.2, 0.25) is 0 Å². The summed E-state index contributed by atoms with van der Waals surface area (Å²) in [6.45, 7) is 1.53. The molecule has 0 radical (unpaired) electrons. The number of aromatic nitrogens is 2. The summed E-state index contributed by atoms with van der Waals surface area (Å²) in [5.74, 6) is -0.707. The number of hydrogen-bond donors (Lipinski definition) is 1. The molecule has 140 valence electrons. The highest BCUT2D eigenvalue weighted by Gasteiger charge is 2.33. The van der Waals surface area contributed by atoms with E-state index in [1.807, 2.05) is 0 Å². The Labute approximate surface area is 158 Å². The van der Waals surface area contributed by atoms with Gasteiger partial charge < -0.3 is 10.6 Å². The molecule has 2 heterocycles. The van der Waals surface area contributed by atoms with Crippen molar-refractivity contribution in [3.63, 3.8) is 0 Å². The second-order valence-corrected chi connectivity index (χ2v) is 7.65. The van der Waals surface area contributed by atoms with Crippen molar-refractivity contribution < 1.29 is 22.2 Å². The Kier molecular flexibility index (Phi) is 6.02. The highest BCUT2D eigenvalue weighted by Crippen LogP contribution is 2.31. The molecule has 1 amide bonds. The van der Waals surface area contributed by atoms with Gasteiger partial charge in [0.1, 0.15) is 10.3 Å². The van der Waals surface area contributed by atoms with Crippen LogP contribution in [0.15, 0.2) is 34.0 Å². The van der Waals surface area contributed by atoms with Gasteiger partial charge in [0.15, 0.2) is 0 Å². The molecule has 0 aliphatic heterocycles. The van der Waals surface area contributed by atoms with Crippen molar-refractivity contribution in [1.29, 1.82) is 0 Å². The van der Waals surface area contributed by atoms with Crippen molar-refractivity contribution in [2.24, 2.45) is 0 Å². The minimum atomic E-state index is -4.66. The van der Waals surface area contributed by atoms with Crippen LogP contribution in [-0.2, 0) is 17.0 Å². The molecule has 2 aromatic heterocycles. The third kappa shape index (κ3) is 4.21. The second-order valence-electron chi connectivity index (χ2n) is 5.13. The van der Waals surface area contributed by atoms with Crippen LogP contribution in [0.4, 0.5) is 24.5 Å². The van der Waals surface area contributed by atoms with Gasteiger partial charge in [-0.1, -0.05) is 6.92 Å². The first-order valence-electron chi connectivity index (χ1n) is 7.21. The molecule has 0 bridgehead atoms. The van der Waals surface area contributed by atoms with Gasteiger partial charge in [-0.2, -0.15) is 13.2 Å². The molecule has 1 unspecified atom stereocenters. The topological polar surface area (TPSA) is 89.2 Å². The van der Waals surface area contributed by atoms with Crippen LogP contribution in [0.5, 0.6) is 0 Å². The Morgan fingerprint density at radius 2 is 1.96 bits per heavy atom. The second kappa shape index (κ2) is 7.70. The Hall–Kier alpha value is -2.01. The van der Waals surface area contributed by atoms with Crippen LogP contribution in [0.25, 0.3) is 0 Å². The highest BCUT2D eigenvalue weighted by molar-refractivity contribution is 9.10. The van der Waals surface area contributed by atoms with Crippen molar-refractivity contribution in [2.75, 3.05) is 23.4 Å². The van der Waals surface area contributed by atoms with Crippen molar-refractivity contribution in [2.45, 2.75) is 18.0 Å². The fourth-order valence-corrected chi connectivity index (χ4v) is 3.35. The molecule has 2 aromatic rings. The maximum absolute atomic E-state index is 12.9. The minimum Gasteiger partial charge on any atom is -0.397 e. The van der Waals surface area contributed by atoms with Gasteiger partial charge in [-0.05, 0) is 28.1 Å². The van der Waals surface area contributed by atoms with Gasteiger partial charge in [0, 0.05) is 19.0 Å². The van der Waals surface area contributed by atoms with Crippen LogP contribution in [0.1, 0.15) is 23.0 Å². The van der Waals surface area contributed by atoms with Gasteiger partial charge in [-0.25, -0.2) is 9.97 Å². The average Bonchev–Trinajstić information content (AvgIpc) is 2.58. The summed E-state index contributed by atoms with van der Waals surface area (Å²) in [5, 5.41) is 0. The van der Waals surface area contributed by atoms with Gasteiger partial charge in [0.25, 0.3) is 5.91 Å². The van der Waals surface area contributed by atoms with E-state index in [1.165, 1.54) is 26.2 Å². The number of nitrogens with two attached hydrogens (primary N) is 1. The van der Waals surface area contributed by atoms with Crippen LogP contribution in [-0.4, -0.2) is 32.9 Å². The number of rotatable bonds is 4. The van der Waals surface area contributed by atoms with Gasteiger partial charge in [0.05, 0.1) is 38.8 Å². The fourth-order valence-electron chi connectivity index (χ4n) is 2.07. The summed E-state index contributed by atoms with van der Waals surface area (Å²) < 4.78 is 51.4. The lowest BCUT2D eigenvalue weighted by Crippen LogP contribution is -2.29. The first kappa shape index (κ1) is 20.3. The predicted molar refractivity (Wildman–Crippen MR) is 95.3 cm³/mol. The zero-order valence-electron chi connectivity index (χ0n) is 13.7. The molecule has 2 N–H and O–H groups in total. The minimum absolute atomic E-state index is 0.0367. The summed E-state index contributed by atoms with van der Waals surface area (Å²) in [4.78, 5) is 21.2. The molecule has 2 rings (SSSR count). The Balaban J connectivity index is 2.52. The van der Waals surface area contributed by atoms with Crippen LogP contribution >= 0.6 is 15.9 Å². The van der Waals surface area contributed by atoms with Crippen molar-refractivity contribution in [3.8, 4) is 0 Å². The monoisotopic (exact) mass is 450 g/mol. The summed E-state index contributed by atoms with van der Waals surface area (Å²) in [6.07, 6.45) is -2.79. The summed E-state index contributed by atoms with van der Waals surface area (Å²) in [7, 11) is -0.437. The van der Waals surface area contributed by atoms with E-state index in [2.05, 4.69) is 25.9 Å². The Morgan fingerprint density at radius 3 is 2.50 bits per heavy atom. The quantitative estimate of drug-likeness (QED) is 0.722. The number of amides is 1. The predicted octanol–water partition coefficient (Wildman–Crippen LogP) is 3.24. The molecule has 6 nitrogen and oxygen atoms in total.